The van der Waals surface area contributed by atoms with E-state index in [2.05, 4.69) is 15.9 Å². The molecule has 0 saturated carbocycles. The number of hydrogen-bond acceptors (Lipinski definition) is 3. The second kappa shape index (κ2) is 9.72. The van der Waals surface area contributed by atoms with Crippen LogP contribution in [0, 0.1) is 0 Å². The summed E-state index contributed by atoms with van der Waals surface area (Å²) in [4.78, 5) is 14.1. The maximum Gasteiger partial charge on any atom is 0.260 e. The van der Waals surface area contributed by atoms with Crippen LogP contribution in [-0.4, -0.2) is 35.6 Å². The molecule has 0 radical (unpaired) electrons. The van der Waals surface area contributed by atoms with Crippen LogP contribution in [0.15, 0.2) is 83.3 Å². The molecule has 0 aliphatic rings. The van der Waals surface area contributed by atoms with Crippen molar-refractivity contribution in [3.05, 3.63) is 88.9 Å². The molecule has 0 heterocycles. The number of carbonyl (C=O) groups is 1. The third-order valence-electron chi connectivity index (χ3n) is 4.99. The molecule has 0 aliphatic heterocycles. The fraction of sp³-hybridized carbons (Fsp3) is 0.208. The van der Waals surface area contributed by atoms with Gasteiger partial charge in [-0.05, 0) is 51.7 Å². The van der Waals surface area contributed by atoms with Gasteiger partial charge in [0.1, 0.15) is 5.75 Å². The van der Waals surface area contributed by atoms with Crippen molar-refractivity contribution < 1.29 is 14.6 Å². The standard InChI is InChI=1S/C24H24BrNO3/c1-17(24(28)19-11-7-4-8-12-19)26(2)23(27)16-29-22-14-13-20(15-21(22)25)18-9-5-3-6-10-18/h3-15,17,24,28H,16H2,1-2H3. The van der Waals surface area contributed by atoms with Gasteiger partial charge in [-0.25, -0.2) is 0 Å². The molecule has 3 aromatic rings. The topological polar surface area (TPSA) is 49.8 Å². The number of nitrogens with zero attached hydrogens (tertiary/aromatic N) is 1. The minimum Gasteiger partial charge on any atom is -0.483 e. The predicted molar refractivity (Wildman–Crippen MR) is 119 cm³/mol. The number of carbonyl (C=O) groups excluding carboxylic acids is 1. The first-order chi connectivity index (χ1) is 14.0. The smallest absolute Gasteiger partial charge is 0.260 e. The molecule has 1 amide bonds. The molecule has 1 N–H and O–H groups in total. The number of ether oxygens (including phenoxy) is 1. The molecule has 0 aromatic heterocycles. The molecule has 2 atom stereocenters. The minimum absolute atomic E-state index is 0.106. The molecule has 2 unspecified atom stereocenters. The number of benzene rings is 3. The van der Waals surface area contributed by atoms with Crippen molar-refractivity contribution in [2.24, 2.45) is 0 Å². The summed E-state index contributed by atoms with van der Waals surface area (Å²) in [6.07, 6.45) is -0.762. The lowest BCUT2D eigenvalue weighted by Gasteiger charge is -2.29. The molecule has 150 valence electrons. The molecule has 0 fully saturated rings. The zero-order chi connectivity index (χ0) is 20.8. The Kier molecular flexibility index (Phi) is 7.07. The van der Waals surface area contributed by atoms with Gasteiger partial charge in [-0.2, -0.15) is 0 Å². The second-order valence-electron chi connectivity index (χ2n) is 6.90. The summed E-state index contributed by atoms with van der Waals surface area (Å²) in [6.45, 7) is 1.71. The number of rotatable bonds is 7. The Hall–Kier alpha value is -2.63. The van der Waals surface area contributed by atoms with Crippen molar-refractivity contribution in [1.29, 1.82) is 0 Å². The Labute approximate surface area is 179 Å². The molecular weight excluding hydrogens is 430 g/mol. The minimum atomic E-state index is -0.762. The Bertz CT molecular complexity index is 947. The summed E-state index contributed by atoms with van der Waals surface area (Å²) in [7, 11) is 1.68. The van der Waals surface area contributed by atoms with Crippen molar-refractivity contribution in [2.75, 3.05) is 13.7 Å². The highest BCUT2D eigenvalue weighted by atomic mass is 79.9. The Morgan fingerprint density at radius 3 is 2.24 bits per heavy atom. The van der Waals surface area contributed by atoms with Crippen LogP contribution in [-0.2, 0) is 4.79 Å². The first-order valence-corrected chi connectivity index (χ1v) is 10.2. The molecule has 0 aliphatic carbocycles. The first kappa shape index (κ1) is 21.1. The normalized spacial score (nSPS) is 12.8. The van der Waals surface area contributed by atoms with Gasteiger partial charge in [0.05, 0.1) is 16.6 Å². The van der Waals surface area contributed by atoms with Crippen molar-refractivity contribution in [3.8, 4) is 16.9 Å². The Morgan fingerprint density at radius 2 is 1.62 bits per heavy atom. The average Bonchev–Trinajstić information content (AvgIpc) is 2.77. The molecule has 0 spiro atoms. The number of hydrogen-bond donors (Lipinski definition) is 1. The molecule has 3 rings (SSSR count). The van der Waals surface area contributed by atoms with E-state index in [4.69, 9.17) is 4.74 Å². The van der Waals surface area contributed by atoms with E-state index in [1.165, 1.54) is 4.90 Å². The molecule has 0 saturated heterocycles. The van der Waals surface area contributed by atoms with Gasteiger partial charge < -0.3 is 14.7 Å². The fourth-order valence-electron chi connectivity index (χ4n) is 3.04. The number of aliphatic hydroxyl groups excluding tert-OH is 1. The van der Waals surface area contributed by atoms with E-state index in [0.717, 1.165) is 21.2 Å². The van der Waals surface area contributed by atoms with Gasteiger partial charge in [-0.3, -0.25) is 4.79 Å². The maximum atomic E-state index is 12.6. The summed E-state index contributed by atoms with van der Waals surface area (Å²) in [6, 6.07) is 24.8. The van der Waals surface area contributed by atoms with Crippen LogP contribution in [0.25, 0.3) is 11.1 Å². The summed E-state index contributed by atoms with van der Waals surface area (Å²) < 4.78 is 6.51. The monoisotopic (exact) mass is 453 g/mol. The molecule has 0 bridgehead atoms. The Balaban J connectivity index is 1.61. The van der Waals surface area contributed by atoms with E-state index in [-0.39, 0.29) is 18.6 Å². The van der Waals surface area contributed by atoms with Gasteiger partial charge in [-0.1, -0.05) is 66.7 Å². The van der Waals surface area contributed by atoms with E-state index in [1.54, 1.807) is 7.05 Å². The molecular formula is C24H24BrNO3. The van der Waals surface area contributed by atoms with Crippen molar-refractivity contribution >= 4 is 21.8 Å². The van der Waals surface area contributed by atoms with E-state index in [9.17, 15) is 9.90 Å². The average molecular weight is 454 g/mol. The van der Waals surface area contributed by atoms with E-state index in [1.807, 2.05) is 85.8 Å². The molecule has 5 heteroatoms. The second-order valence-corrected chi connectivity index (χ2v) is 7.76. The quantitative estimate of drug-likeness (QED) is 0.542. The van der Waals surface area contributed by atoms with Crippen LogP contribution < -0.4 is 4.74 Å². The lowest BCUT2D eigenvalue weighted by molar-refractivity contribution is -0.136. The number of likely N-dealkylation sites (N-methyl/N-ethyl adjacent to an activating group) is 1. The van der Waals surface area contributed by atoms with E-state index in [0.29, 0.717) is 5.75 Å². The van der Waals surface area contributed by atoms with Crippen LogP contribution in [0.1, 0.15) is 18.6 Å². The lowest BCUT2D eigenvalue weighted by atomic mass is 10.0. The fourth-order valence-corrected chi connectivity index (χ4v) is 3.53. The highest BCUT2D eigenvalue weighted by Crippen LogP contribution is 2.31. The maximum absolute atomic E-state index is 12.6. The highest BCUT2D eigenvalue weighted by Gasteiger charge is 2.24. The van der Waals surface area contributed by atoms with Gasteiger partial charge in [0.15, 0.2) is 6.61 Å². The zero-order valence-electron chi connectivity index (χ0n) is 16.5. The zero-order valence-corrected chi connectivity index (χ0v) is 18.0. The predicted octanol–water partition coefficient (Wildman–Crippen LogP) is 5.08. The number of halogens is 1. The lowest BCUT2D eigenvalue weighted by Crippen LogP contribution is -2.41. The molecule has 4 nitrogen and oxygen atoms in total. The summed E-state index contributed by atoms with van der Waals surface area (Å²) in [5.74, 6) is 0.397. The molecule has 29 heavy (non-hydrogen) atoms. The third kappa shape index (κ3) is 5.25. The van der Waals surface area contributed by atoms with Gasteiger partial charge in [0.25, 0.3) is 5.91 Å². The van der Waals surface area contributed by atoms with E-state index >= 15 is 0 Å². The highest BCUT2D eigenvalue weighted by molar-refractivity contribution is 9.10. The number of aliphatic hydroxyl groups is 1. The van der Waals surface area contributed by atoms with Crippen molar-refractivity contribution in [3.63, 3.8) is 0 Å². The largest absolute Gasteiger partial charge is 0.483 e. The van der Waals surface area contributed by atoms with Crippen molar-refractivity contribution in [2.45, 2.75) is 19.1 Å². The van der Waals surface area contributed by atoms with Crippen LogP contribution in [0.4, 0.5) is 0 Å². The van der Waals surface area contributed by atoms with E-state index < -0.39 is 6.10 Å². The number of amides is 1. The molecule has 3 aromatic carbocycles. The third-order valence-corrected chi connectivity index (χ3v) is 5.61. The Morgan fingerprint density at radius 1 is 1.00 bits per heavy atom. The van der Waals surface area contributed by atoms with Gasteiger partial charge in [-0.15, -0.1) is 0 Å². The first-order valence-electron chi connectivity index (χ1n) is 9.44. The van der Waals surface area contributed by atoms with Gasteiger partial charge >= 0.3 is 0 Å². The van der Waals surface area contributed by atoms with Gasteiger partial charge in [0.2, 0.25) is 0 Å². The van der Waals surface area contributed by atoms with Crippen LogP contribution in [0.5, 0.6) is 5.75 Å². The summed E-state index contributed by atoms with van der Waals surface area (Å²) in [5, 5.41) is 10.5. The summed E-state index contributed by atoms with van der Waals surface area (Å²) in [5.41, 5.74) is 2.95. The SMILES string of the molecule is CC(C(O)c1ccccc1)N(C)C(=O)COc1ccc(-c2ccccc2)cc1Br. The summed E-state index contributed by atoms with van der Waals surface area (Å²) >= 11 is 3.52. The van der Waals surface area contributed by atoms with Crippen LogP contribution in [0.2, 0.25) is 0 Å². The van der Waals surface area contributed by atoms with Crippen LogP contribution in [0.3, 0.4) is 0 Å². The van der Waals surface area contributed by atoms with Gasteiger partial charge in [0, 0.05) is 7.05 Å². The van der Waals surface area contributed by atoms with Crippen molar-refractivity contribution in [1.82, 2.24) is 4.90 Å². The van der Waals surface area contributed by atoms with Crippen LogP contribution >= 0.6 is 15.9 Å².